The van der Waals surface area contributed by atoms with E-state index >= 15 is 0 Å². The molecule has 2 rings (SSSR count). The summed E-state index contributed by atoms with van der Waals surface area (Å²) >= 11 is 1.64. The van der Waals surface area contributed by atoms with Crippen LogP contribution < -0.4 is 5.32 Å². The highest BCUT2D eigenvalue weighted by molar-refractivity contribution is 7.09. The fourth-order valence-electron chi connectivity index (χ4n) is 1.83. The summed E-state index contributed by atoms with van der Waals surface area (Å²) < 4.78 is 0. The normalized spacial score (nSPS) is 11.4. The molecule has 0 aliphatic heterocycles. The van der Waals surface area contributed by atoms with Gasteiger partial charge in [0.05, 0.1) is 22.2 Å². The molecule has 0 radical (unpaired) electrons. The van der Waals surface area contributed by atoms with Crippen LogP contribution in [0.5, 0.6) is 0 Å². The van der Waals surface area contributed by atoms with E-state index in [2.05, 4.69) is 31.1 Å². The molecule has 0 saturated carbocycles. The second kappa shape index (κ2) is 5.81. The largest absolute Gasteiger partial charge is 0.379 e. The first-order valence-electron chi connectivity index (χ1n) is 6.71. The van der Waals surface area contributed by atoms with Gasteiger partial charge in [-0.15, -0.1) is 11.3 Å². The fourth-order valence-corrected chi connectivity index (χ4v) is 2.74. The first kappa shape index (κ1) is 15.4. The fraction of sp³-hybridized carbons (Fsp3) is 0.400. The Bertz CT molecular complexity index is 659. The number of aromatic nitrogens is 1. The SMILES string of the molecule is Cc1ccc([N+](=O)[O-])cc1NCc1csc(C(C)(C)C)n1. The summed E-state index contributed by atoms with van der Waals surface area (Å²) in [5.74, 6) is 0. The maximum Gasteiger partial charge on any atom is 0.271 e. The van der Waals surface area contributed by atoms with E-state index in [1.807, 2.05) is 12.3 Å². The molecule has 1 aromatic carbocycles. The number of nitro benzene ring substituents is 1. The predicted molar refractivity (Wildman–Crippen MR) is 86.0 cm³/mol. The van der Waals surface area contributed by atoms with Crippen molar-refractivity contribution in [2.45, 2.75) is 39.7 Å². The lowest BCUT2D eigenvalue weighted by Crippen LogP contribution is -2.11. The first-order valence-corrected chi connectivity index (χ1v) is 7.59. The summed E-state index contributed by atoms with van der Waals surface area (Å²) in [6.45, 7) is 8.89. The van der Waals surface area contributed by atoms with Crippen LogP contribution in [-0.2, 0) is 12.0 Å². The quantitative estimate of drug-likeness (QED) is 0.676. The van der Waals surface area contributed by atoms with Crippen LogP contribution in [0.3, 0.4) is 0 Å². The van der Waals surface area contributed by atoms with Gasteiger partial charge in [0.25, 0.3) is 5.69 Å². The number of non-ortho nitro benzene ring substituents is 1. The Kier molecular flexibility index (Phi) is 4.27. The molecule has 112 valence electrons. The highest BCUT2D eigenvalue weighted by atomic mass is 32.1. The number of hydrogen-bond donors (Lipinski definition) is 1. The summed E-state index contributed by atoms with van der Waals surface area (Å²) in [6.07, 6.45) is 0. The van der Waals surface area contributed by atoms with Gasteiger partial charge in [-0.05, 0) is 12.5 Å². The molecule has 0 atom stereocenters. The third-order valence-corrected chi connectivity index (χ3v) is 4.40. The Morgan fingerprint density at radius 2 is 2.10 bits per heavy atom. The van der Waals surface area contributed by atoms with Crippen LogP contribution in [0.15, 0.2) is 23.6 Å². The zero-order valence-corrected chi connectivity index (χ0v) is 13.5. The van der Waals surface area contributed by atoms with Crippen LogP contribution in [0.1, 0.15) is 37.0 Å². The van der Waals surface area contributed by atoms with Crippen molar-refractivity contribution in [3.63, 3.8) is 0 Å². The van der Waals surface area contributed by atoms with Crippen LogP contribution in [0, 0.1) is 17.0 Å². The molecule has 0 aliphatic rings. The molecule has 1 aromatic heterocycles. The van der Waals surface area contributed by atoms with Crippen molar-refractivity contribution in [1.29, 1.82) is 0 Å². The number of thiazole rings is 1. The number of nitrogens with zero attached hydrogens (tertiary/aromatic N) is 2. The van der Waals surface area contributed by atoms with Gasteiger partial charge in [0.1, 0.15) is 0 Å². The minimum atomic E-state index is -0.384. The summed E-state index contributed by atoms with van der Waals surface area (Å²) in [5, 5.41) is 17.2. The van der Waals surface area contributed by atoms with Crippen LogP contribution >= 0.6 is 11.3 Å². The zero-order valence-electron chi connectivity index (χ0n) is 12.6. The third-order valence-electron chi connectivity index (χ3n) is 3.09. The molecular formula is C15H19N3O2S. The number of benzene rings is 1. The van der Waals surface area contributed by atoms with E-state index in [0.29, 0.717) is 6.54 Å². The van der Waals surface area contributed by atoms with Gasteiger partial charge in [-0.2, -0.15) is 0 Å². The molecule has 2 aromatic rings. The number of hydrogen-bond acceptors (Lipinski definition) is 5. The van der Waals surface area contributed by atoms with E-state index in [9.17, 15) is 10.1 Å². The standard InChI is InChI=1S/C15H19N3O2S/c1-10-5-6-12(18(19)20)7-13(10)16-8-11-9-21-14(17-11)15(2,3)4/h5-7,9,16H,8H2,1-4H3. The van der Waals surface area contributed by atoms with Crippen LogP contribution in [0.4, 0.5) is 11.4 Å². The summed E-state index contributed by atoms with van der Waals surface area (Å²) in [7, 11) is 0. The maximum atomic E-state index is 10.8. The third kappa shape index (κ3) is 3.78. The van der Waals surface area contributed by atoms with Crippen molar-refractivity contribution < 1.29 is 4.92 Å². The van der Waals surface area contributed by atoms with Crippen molar-refractivity contribution in [3.05, 3.63) is 50.0 Å². The average Bonchev–Trinajstić information content (AvgIpc) is 2.86. The summed E-state index contributed by atoms with van der Waals surface area (Å²) in [5.41, 5.74) is 2.85. The highest BCUT2D eigenvalue weighted by Gasteiger charge is 2.18. The van der Waals surface area contributed by atoms with E-state index in [-0.39, 0.29) is 16.0 Å². The predicted octanol–water partition coefficient (Wildman–Crippen LogP) is 4.27. The van der Waals surface area contributed by atoms with Crippen LogP contribution in [0.25, 0.3) is 0 Å². The molecular weight excluding hydrogens is 286 g/mol. The number of nitrogens with one attached hydrogen (secondary N) is 1. The monoisotopic (exact) mass is 305 g/mol. The second-order valence-corrected chi connectivity index (χ2v) is 6.86. The topological polar surface area (TPSA) is 68.1 Å². The smallest absolute Gasteiger partial charge is 0.271 e. The minimum Gasteiger partial charge on any atom is -0.379 e. The van der Waals surface area contributed by atoms with Gasteiger partial charge in [-0.1, -0.05) is 26.8 Å². The Morgan fingerprint density at radius 1 is 1.38 bits per heavy atom. The van der Waals surface area contributed by atoms with Gasteiger partial charge in [-0.3, -0.25) is 10.1 Å². The molecule has 0 bridgehead atoms. The number of anilines is 1. The molecule has 0 unspecified atom stereocenters. The van der Waals surface area contributed by atoms with E-state index in [1.165, 1.54) is 6.07 Å². The molecule has 0 fully saturated rings. The second-order valence-electron chi connectivity index (χ2n) is 6.00. The molecule has 1 N–H and O–H groups in total. The van der Waals surface area contributed by atoms with Crippen LogP contribution in [-0.4, -0.2) is 9.91 Å². The Balaban J connectivity index is 2.11. The molecule has 5 nitrogen and oxygen atoms in total. The number of aryl methyl sites for hydroxylation is 1. The van der Waals surface area contributed by atoms with Gasteiger partial charge in [0, 0.05) is 28.6 Å². The molecule has 0 aliphatic carbocycles. The molecule has 21 heavy (non-hydrogen) atoms. The van der Waals surface area contributed by atoms with E-state index in [4.69, 9.17) is 0 Å². The molecule has 0 amide bonds. The van der Waals surface area contributed by atoms with Crippen molar-refractivity contribution in [1.82, 2.24) is 4.98 Å². The van der Waals surface area contributed by atoms with Gasteiger partial charge in [0.15, 0.2) is 0 Å². The summed E-state index contributed by atoms with van der Waals surface area (Å²) in [6, 6.07) is 4.83. The van der Waals surface area contributed by atoms with Crippen molar-refractivity contribution in [3.8, 4) is 0 Å². The van der Waals surface area contributed by atoms with E-state index in [0.717, 1.165) is 22.0 Å². The van der Waals surface area contributed by atoms with Crippen molar-refractivity contribution >= 4 is 22.7 Å². The molecule has 0 saturated heterocycles. The minimum absolute atomic E-state index is 0.0460. The van der Waals surface area contributed by atoms with E-state index in [1.54, 1.807) is 23.5 Å². The Morgan fingerprint density at radius 3 is 2.67 bits per heavy atom. The van der Waals surface area contributed by atoms with Crippen LogP contribution in [0.2, 0.25) is 0 Å². The Labute approximate surface area is 128 Å². The van der Waals surface area contributed by atoms with Crippen molar-refractivity contribution in [2.75, 3.05) is 5.32 Å². The molecule has 6 heteroatoms. The van der Waals surface area contributed by atoms with Gasteiger partial charge in [-0.25, -0.2) is 4.98 Å². The molecule has 0 spiro atoms. The maximum absolute atomic E-state index is 10.8. The average molecular weight is 305 g/mol. The first-order chi connectivity index (χ1) is 9.77. The van der Waals surface area contributed by atoms with Gasteiger partial charge < -0.3 is 5.32 Å². The highest BCUT2D eigenvalue weighted by Crippen LogP contribution is 2.26. The zero-order chi connectivity index (χ0) is 15.6. The number of rotatable bonds is 4. The lowest BCUT2D eigenvalue weighted by molar-refractivity contribution is -0.384. The molecule has 1 heterocycles. The Hall–Kier alpha value is -1.95. The van der Waals surface area contributed by atoms with E-state index < -0.39 is 0 Å². The van der Waals surface area contributed by atoms with Crippen molar-refractivity contribution in [2.24, 2.45) is 0 Å². The van der Waals surface area contributed by atoms with Gasteiger partial charge >= 0.3 is 0 Å². The van der Waals surface area contributed by atoms with Gasteiger partial charge in [0.2, 0.25) is 0 Å². The number of nitro groups is 1. The lowest BCUT2D eigenvalue weighted by Gasteiger charge is -2.13. The summed E-state index contributed by atoms with van der Waals surface area (Å²) in [4.78, 5) is 15.0. The lowest BCUT2D eigenvalue weighted by atomic mass is 9.98.